The van der Waals surface area contributed by atoms with Gasteiger partial charge in [0.05, 0.1) is 0 Å². The number of benzene rings is 1. The zero-order valence-corrected chi connectivity index (χ0v) is 11.0. The monoisotopic (exact) mass is 278 g/mol. The first kappa shape index (κ1) is 14.3. The van der Waals surface area contributed by atoms with Crippen LogP contribution < -0.4 is 10.6 Å². The first-order valence-corrected chi connectivity index (χ1v) is 6.57. The number of urea groups is 1. The van der Waals surface area contributed by atoms with Crippen LogP contribution in [0.25, 0.3) is 0 Å². The first-order valence-electron chi connectivity index (χ1n) is 6.57. The van der Waals surface area contributed by atoms with E-state index in [0.29, 0.717) is 6.54 Å². The van der Waals surface area contributed by atoms with Crippen LogP contribution in [-0.4, -0.2) is 41.4 Å². The van der Waals surface area contributed by atoms with Crippen LogP contribution >= 0.6 is 0 Å². The van der Waals surface area contributed by atoms with E-state index in [1.54, 1.807) is 0 Å². The van der Waals surface area contributed by atoms with Gasteiger partial charge < -0.3 is 20.8 Å². The lowest BCUT2D eigenvalue weighted by molar-refractivity contribution is -0.139. The maximum absolute atomic E-state index is 11.6. The lowest BCUT2D eigenvalue weighted by atomic mass is 9.78. The van der Waals surface area contributed by atoms with E-state index >= 15 is 0 Å². The van der Waals surface area contributed by atoms with Crippen molar-refractivity contribution in [2.75, 3.05) is 13.2 Å². The summed E-state index contributed by atoms with van der Waals surface area (Å²) in [5, 5.41) is 22.6. The Kier molecular flexibility index (Phi) is 4.57. The highest BCUT2D eigenvalue weighted by molar-refractivity contribution is 5.82. The average molecular weight is 278 g/mol. The number of carbonyl (C=O) groups is 2. The molecule has 2 unspecified atom stereocenters. The van der Waals surface area contributed by atoms with Crippen molar-refractivity contribution in [2.24, 2.45) is 0 Å². The van der Waals surface area contributed by atoms with Crippen molar-refractivity contribution in [3.8, 4) is 0 Å². The lowest BCUT2D eigenvalue weighted by Crippen LogP contribution is -2.47. The third-order valence-electron chi connectivity index (χ3n) is 3.49. The van der Waals surface area contributed by atoms with Crippen LogP contribution in [0.4, 0.5) is 4.79 Å². The van der Waals surface area contributed by atoms with Gasteiger partial charge in [0.25, 0.3) is 0 Å². The van der Waals surface area contributed by atoms with Gasteiger partial charge >= 0.3 is 12.0 Å². The Bertz CT molecular complexity index is 504. The molecule has 0 fully saturated rings. The molecule has 0 bridgehead atoms. The summed E-state index contributed by atoms with van der Waals surface area (Å²) in [5.74, 6) is -0.860. The molecular formula is C14H18N2O4. The molecule has 1 aliphatic carbocycles. The summed E-state index contributed by atoms with van der Waals surface area (Å²) in [7, 11) is 0. The van der Waals surface area contributed by atoms with E-state index in [1.165, 1.54) is 11.1 Å². The first-order chi connectivity index (χ1) is 9.61. The summed E-state index contributed by atoms with van der Waals surface area (Å²) in [6.45, 7) is 0.196. The fourth-order valence-electron chi connectivity index (χ4n) is 2.36. The predicted octanol–water partition coefficient (Wildman–Crippen LogP) is 0.461. The minimum Gasteiger partial charge on any atom is -0.480 e. The van der Waals surface area contributed by atoms with Crippen molar-refractivity contribution in [1.29, 1.82) is 0 Å². The third kappa shape index (κ3) is 3.27. The van der Waals surface area contributed by atoms with Crippen LogP contribution in [0.15, 0.2) is 24.3 Å². The van der Waals surface area contributed by atoms with Crippen molar-refractivity contribution in [3.63, 3.8) is 0 Å². The Morgan fingerprint density at radius 2 is 2.10 bits per heavy atom. The summed E-state index contributed by atoms with van der Waals surface area (Å²) in [4.78, 5) is 22.5. The highest BCUT2D eigenvalue weighted by Crippen LogP contribution is 2.33. The van der Waals surface area contributed by atoms with Gasteiger partial charge in [0.15, 0.2) is 0 Å². The molecule has 6 nitrogen and oxygen atoms in total. The van der Waals surface area contributed by atoms with Crippen molar-refractivity contribution in [1.82, 2.24) is 10.6 Å². The number of carboxylic acids is 1. The topological polar surface area (TPSA) is 98.7 Å². The number of aliphatic hydroxyl groups is 1. The molecule has 0 saturated carbocycles. The molecular weight excluding hydrogens is 260 g/mol. The minimum absolute atomic E-state index is 0.00495. The van der Waals surface area contributed by atoms with Gasteiger partial charge in [-0.3, -0.25) is 0 Å². The normalized spacial score (nSPS) is 17.6. The number of aliphatic hydroxyl groups excluding tert-OH is 1. The highest BCUT2D eigenvalue weighted by atomic mass is 16.4. The molecule has 4 N–H and O–H groups in total. The molecule has 6 heteroatoms. The number of hydrogen-bond acceptors (Lipinski definition) is 3. The number of nitrogens with one attached hydrogen (secondary N) is 2. The summed E-state index contributed by atoms with van der Waals surface area (Å²) >= 11 is 0. The summed E-state index contributed by atoms with van der Waals surface area (Å²) in [5.41, 5.74) is 2.53. The van der Waals surface area contributed by atoms with Crippen LogP contribution in [0.5, 0.6) is 0 Å². The maximum Gasteiger partial charge on any atom is 0.326 e. The van der Waals surface area contributed by atoms with Gasteiger partial charge in [-0.15, -0.1) is 0 Å². The molecule has 108 valence electrons. The zero-order valence-electron chi connectivity index (χ0n) is 11.0. The second-order valence-electron chi connectivity index (χ2n) is 4.86. The van der Waals surface area contributed by atoms with Gasteiger partial charge in [-0.25, -0.2) is 9.59 Å². The van der Waals surface area contributed by atoms with E-state index < -0.39 is 18.0 Å². The zero-order chi connectivity index (χ0) is 14.5. The standard InChI is InChI=1S/C14H18N2O4/c17-6-5-12(13(18)19)16-14(20)15-8-10-7-9-3-1-2-4-11(9)10/h1-4,10,12,17H,5-8H2,(H,18,19)(H2,15,16,20). The smallest absolute Gasteiger partial charge is 0.326 e. The molecule has 20 heavy (non-hydrogen) atoms. The largest absolute Gasteiger partial charge is 0.480 e. The van der Waals surface area contributed by atoms with E-state index in [9.17, 15) is 9.59 Å². The molecule has 0 aliphatic heterocycles. The maximum atomic E-state index is 11.6. The van der Waals surface area contributed by atoms with Crippen LogP contribution in [0.3, 0.4) is 0 Å². The molecule has 1 aromatic carbocycles. The van der Waals surface area contributed by atoms with Gasteiger partial charge in [-0.05, 0) is 17.5 Å². The van der Waals surface area contributed by atoms with E-state index in [0.717, 1.165) is 6.42 Å². The lowest BCUT2D eigenvalue weighted by Gasteiger charge is -2.30. The van der Waals surface area contributed by atoms with Gasteiger partial charge in [0, 0.05) is 25.5 Å². The van der Waals surface area contributed by atoms with Crippen molar-refractivity contribution >= 4 is 12.0 Å². The Balaban J connectivity index is 1.78. The quantitative estimate of drug-likeness (QED) is 0.607. The van der Waals surface area contributed by atoms with Gasteiger partial charge in [-0.2, -0.15) is 0 Å². The number of carboxylic acid groups (broad SMARTS) is 1. The Labute approximate surface area is 116 Å². The molecule has 1 aliphatic rings. The average Bonchev–Trinajstić information content (AvgIpc) is 2.39. The van der Waals surface area contributed by atoms with Crippen LogP contribution in [0, 0.1) is 0 Å². The minimum atomic E-state index is -1.15. The van der Waals surface area contributed by atoms with Gasteiger partial charge in [0.1, 0.15) is 6.04 Å². The van der Waals surface area contributed by atoms with Crippen molar-refractivity contribution in [3.05, 3.63) is 35.4 Å². The van der Waals surface area contributed by atoms with Crippen LogP contribution in [0.1, 0.15) is 23.5 Å². The molecule has 2 atom stereocenters. The molecule has 2 amide bonds. The number of aliphatic carboxylic acids is 1. The van der Waals surface area contributed by atoms with E-state index in [1.807, 2.05) is 18.2 Å². The Morgan fingerprint density at radius 1 is 1.35 bits per heavy atom. The Morgan fingerprint density at radius 3 is 2.75 bits per heavy atom. The molecule has 0 radical (unpaired) electrons. The second kappa shape index (κ2) is 6.38. The molecule has 0 heterocycles. The number of hydrogen-bond donors (Lipinski definition) is 4. The fourth-order valence-corrected chi connectivity index (χ4v) is 2.36. The van der Waals surface area contributed by atoms with Crippen LogP contribution in [-0.2, 0) is 11.2 Å². The summed E-state index contributed by atoms with van der Waals surface area (Å²) in [6.07, 6.45) is 0.921. The van der Waals surface area contributed by atoms with E-state index in [2.05, 4.69) is 16.7 Å². The second-order valence-corrected chi connectivity index (χ2v) is 4.86. The van der Waals surface area contributed by atoms with Crippen LogP contribution in [0.2, 0.25) is 0 Å². The molecule has 1 aromatic rings. The van der Waals surface area contributed by atoms with Crippen molar-refractivity contribution < 1.29 is 19.8 Å². The summed E-state index contributed by atoms with van der Waals surface area (Å²) < 4.78 is 0. The number of rotatable bonds is 6. The molecule has 0 saturated heterocycles. The molecule has 0 spiro atoms. The Hall–Kier alpha value is -2.08. The number of carbonyl (C=O) groups excluding carboxylic acids is 1. The van der Waals surface area contributed by atoms with E-state index in [-0.39, 0.29) is 18.9 Å². The van der Waals surface area contributed by atoms with E-state index in [4.69, 9.17) is 10.2 Å². The molecule has 0 aromatic heterocycles. The SMILES string of the molecule is O=C(NCC1Cc2ccccc21)NC(CCO)C(=O)O. The highest BCUT2D eigenvalue weighted by Gasteiger charge is 2.26. The van der Waals surface area contributed by atoms with Gasteiger partial charge in [-0.1, -0.05) is 24.3 Å². The number of fused-ring (bicyclic) bond motifs is 1. The fraction of sp³-hybridized carbons (Fsp3) is 0.429. The van der Waals surface area contributed by atoms with Gasteiger partial charge in [0.2, 0.25) is 0 Å². The predicted molar refractivity (Wildman–Crippen MR) is 72.5 cm³/mol. The van der Waals surface area contributed by atoms with Crippen molar-refractivity contribution in [2.45, 2.75) is 24.8 Å². The summed E-state index contributed by atoms with van der Waals surface area (Å²) in [6, 6.07) is 6.47. The number of amides is 2. The molecule has 2 rings (SSSR count). The third-order valence-corrected chi connectivity index (χ3v) is 3.49.